The first-order valence-corrected chi connectivity index (χ1v) is 10.1. The van der Waals surface area contributed by atoms with Gasteiger partial charge in [-0.3, -0.25) is 4.79 Å². The number of rotatable bonds is 6. The van der Waals surface area contributed by atoms with Crippen molar-refractivity contribution in [2.45, 2.75) is 44.9 Å². The van der Waals surface area contributed by atoms with Crippen LogP contribution in [0.3, 0.4) is 0 Å². The summed E-state index contributed by atoms with van der Waals surface area (Å²) in [6, 6.07) is 7.62. The summed E-state index contributed by atoms with van der Waals surface area (Å²) in [5.41, 5.74) is 1.94. The van der Waals surface area contributed by atoms with Crippen LogP contribution >= 0.6 is 11.3 Å². The number of para-hydroxylation sites is 1. The maximum absolute atomic E-state index is 11.8. The monoisotopic (exact) mass is 369 g/mol. The molecule has 136 valence electrons. The van der Waals surface area contributed by atoms with Crippen LogP contribution in [-0.2, 0) is 6.42 Å². The van der Waals surface area contributed by atoms with Crippen molar-refractivity contribution in [3.8, 4) is 17.0 Å². The first kappa shape index (κ1) is 17.2. The number of nitrogens with zero attached hydrogens (tertiary/aromatic N) is 3. The van der Waals surface area contributed by atoms with Crippen molar-refractivity contribution < 1.29 is 9.53 Å². The summed E-state index contributed by atoms with van der Waals surface area (Å²) in [6.45, 7) is 0. The third kappa shape index (κ3) is 3.26. The van der Waals surface area contributed by atoms with E-state index in [1.807, 2.05) is 24.3 Å². The van der Waals surface area contributed by atoms with Crippen molar-refractivity contribution in [1.29, 1.82) is 0 Å². The lowest BCUT2D eigenvalue weighted by molar-refractivity contribution is 0.111. The Morgan fingerprint density at radius 3 is 2.85 bits per heavy atom. The third-order valence-corrected chi connectivity index (χ3v) is 6.21. The second kappa shape index (κ2) is 7.58. The molecule has 0 saturated heterocycles. The van der Waals surface area contributed by atoms with Gasteiger partial charge < -0.3 is 4.74 Å². The number of aldehydes is 1. The Balaban J connectivity index is 1.61. The predicted octanol–water partition coefficient (Wildman–Crippen LogP) is 4.79. The topological polar surface area (TPSA) is 56.5 Å². The van der Waals surface area contributed by atoms with Crippen LogP contribution in [0.25, 0.3) is 16.2 Å². The smallest absolute Gasteiger partial charge is 0.213 e. The third-order valence-electron chi connectivity index (χ3n) is 5.24. The Kier molecular flexibility index (Phi) is 5.02. The van der Waals surface area contributed by atoms with Gasteiger partial charge in [0.1, 0.15) is 22.1 Å². The quantitative estimate of drug-likeness (QED) is 0.586. The fourth-order valence-corrected chi connectivity index (χ4v) is 4.77. The van der Waals surface area contributed by atoms with Crippen molar-refractivity contribution in [3.63, 3.8) is 0 Å². The minimum atomic E-state index is 0.490. The molecule has 1 aliphatic rings. The van der Waals surface area contributed by atoms with Gasteiger partial charge >= 0.3 is 0 Å². The maximum atomic E-state index is 11.8. The van der Waals surface area contributed by atoms with E-state index in [0.717, 1.165) is 34.2 Å². The zero-order valence-corrected chi connectivity index (χ0v) is 15.8. The number of benzene rings is 1. The molecule has 0 aliphatic heterocycles. The Labute approximate surface area is 157 Å². The highest BCUT2D eigenvalue weighted by molar-refractivity contribution is 7.16. The molecule has 0 bridgehead atoms. The van der Waals surface area contributed by atoms with E-state index in [9.17, 15) is 4.79 Å². The summed E-state index contributed by atoms with van der Waals surface area (Å²) < 4.78 is 7.11. The molecule has 6 heteroatoms. The summed E-state index contributed by atoms with van der Waals surface area (Å²) in [7, 11) is 1.62. The van der Waals surface area contributed by atoms with Gasteiger partial charge in [-0.15, -0.1) is 0 Å². The first-order valence-electron chi connectivity index (χ1n) is 9.27. The van der Waals surface area contributed by atoms with Gasteiger partial charge in [0.05, 0.1) is 7.11 Å². The predicted molar refractivity (Wildman–Crippen MR) is 103 cm³/mol. The van der Waals surface area contributed by atoms with Gasteiger partial charge in [-0.25, -0.2) is 4.98 Å². The molecule has 5 nitrogen and oxygen atoms in total. The second-order valence-corrected chi connectivity index (χ2v) is 7.94. The minimum absolute atomic E-state index is 0.490. The normalized spacial score (nSPS) is 15.4. The lowest BCUT2D eigenvalue weighted by Crippen LogP contribution is -2.07. The molecule has 0 atom stereocenters. The number of imidazole rings is 1. The fraction of sp³-hybridized carbons (Fsp3) is 0.450. The van der Waals surface area contributed by atoms with E-state index in [-0.39, 0.29) is 0 Å². The molecular weight excluding hydrogens is 346 g/mol. The molecule has 2 heterocycles. The summed E-state index contributed by atoms with van der Waals surface area (Å²) in [5.74, 6) is 1.54. The van der Waals surface area contributed by atoms with E-state index in [1.54, 1.807) is 23.0 Å². The molecule has 3 aromatic rings. The minimum Gasteiger partial charge on any atom is -0.496 e. The van der Waals surface area contributed by atoms with Gasteiger partial charge in [-0.05, 0) is 24.5 Å². The van der Waals surface area contributed by atoms with E-state index in [1.165, 1.54) is 38.5 Å². The molecule has 1 fully saturated rings. The number of ether oxygens (including phenoxy) is 1. The van der Waals surface area contributed by atoms with E-state index < -0.39 is 0 Å². The van der Waals surface area contributed by atoms with E-state index in [2.05, 4.69) is 10.1 Å². The number of fused-ring (bicyclic) bond motifs is 1. The summed E-state index contributed by atoms with van der Waals surface area (Å²) >= 11 is 1.59. The lowest BCUT2D eigenvalue weighted by atomic mass is 9.86. The van der Waals surface area contributed by atoms with Crippen LogP contribution in [0.15, 0.2) is 24.3 Å². The zero-order chi connectivity index (χ0) is 17.9. The summed E-state index contributed by atoms with van der Waals surface area (Å²) in [4.78, 5) is 17.2. The van der Waals surface area contributed by atoms with Crippen molar-refractivity contribution in [2.75, 3.05) is 7.11 Å². The SMILES string of the molecule is COc1ccccc1-c1nc2sc(CCC3CCCCC3)nn2c1C=O. The van der Waals surface area contributed by atoms with Gasteiger partial charge in [-0.2, -0.15) is 9.61 Å². The second-order valence-electron chi connectivity index (χ2n) is 6.90. The standard InChI is InChI=1S/C20H23N3O2S/c1-25-17-10-6-5-9-15(17)19-16(13-24)23-20(21-19)26-18(22-23)12-11-14-7-3-2-4-8-14/h5-6,9-10,13-14H,2-4,7-8,11-12H2,1H3. The summed E-state index contributed by atoms with van der Waals surface area (Å²) in [5, 5.41) is 5.73. The number of hydrogen-bond donors (Lipinski definition) is 0. The highest BCUT2D eigenvalue weighted by atomic mass is 32.1. The Morgan fingerprint density at radius 2 is 2.08 bits per heavy atom. The molecule has 0 spiro atoms. The van der Waals surface area contributed by atoms with Crippen LogP contribution in [0.4, 0.5) is 0 Å². The molecule has 26 heavy (non-hydrogen) atoms. The van der Waals surface area contributed by atoms with Crippen LogP contribution in [0.2, 0.25) is 0 Å². The number of carbonyl (C=O) groups is 1. The fourth-order valence-electron chi connectivity index (χ4n) is 3.85. The summed E-state index contributed by atoms with van der Waals surface area (Å²) in [6.07, 6.45) is 9.81. The molecule has 4 rings (SSSR count). The van der Waals surface area contributed by atoms with Gasteiger partial charge in [0.2, 0.25) is 4.96 Å². The van der Waals surface area contributed by atoms with Crippen LogP contribution in [0.5, 0.6) is 5.75 Å². The van der Waals surface area contributed by atoms with Crippen molar-refractivity contribution in [2.24, 2.45) is 5.92 Å². The van der Waals surface area contributed by atoms with Crippen LogP contribution in [0, 0.1) is 5.92 Å². The highest BCUT2D eigenvalue weighted by Crippen LogP contribution is 2.33. The number of methoxy groups -OCH3 is 1. The Hall–Kier alpha value is -2.21. The molecule has 1 saturated carbocycles. The number of aromatic nitrogens is 3. The van der Waals surface area contributed by atoms with Crippen LogP contribution in [0.1, 0.15) is 54.0 Å². The molecule has 0 N–H and O–H groups in total. The Bertz CT molecular complexity index is 909. The average Bonchev–Trinajstić information content (AvgIpc) is 3.24. The highest BCUT2D eigenvalue weighted by Gasteiger charge is 2.20. The largest absolute Gasteiger partial charge is 0.496 e. The zero-order valence-electron chi connectivity index (χ0n) is 15.0. The van der Waals surface area contributed by atoms with Gasteiger partial charge in [0, 0.05) is 12.0 Å². The molecule has 0 amide bonds. The molecule has 0 radical (unpaired) electrons. The molecular formula is C20H23N3O2S. The van der Waals surface area contributed by atoms with Crippen LogP contribution < -0.4 is 4.74 Å². The number of aryl methyl sites for hydroxylation is 1. The lowest BCUT2D eigenvalue weighted by Gasteiger charge is -2.20. The van der Waals surface area contributed by atoms with Crippen molar-refractivity contribution >= 4 is 22.6 Å². The van der Waals surface area contributed by atoms with Crippen molar-refractivity contribution in [1.82, 2.24) is 14.6 Å². The van der Waals surface area contributed by atoms with Crippen molar-refractivity contribution in [3.05, 3.63) is 35.0 Å². The maximum Gasteiger partial charge on any atom is 0.213 e. The molecule has 0 unspecified atom stereocenters. The van der Waals surface area contributed by atoms with E-state index in [0.29, 0.717) is 17.1 Å². The Morgan fingerprint density at radius 1 is 1.27 bits per heavy atom. The molecule has 1 aliphatic carbocycles. The van der Waals surface area contributed by atoms with Gasteiger partial charge in [0.15, 0.2) is 6.29 Å². The molecule has 1 aromatic carbocycles. The van der Waals surface area contributed by atoms with E-state index >= 15 is 0 Å². The molecule has 2 aromatic heterocycles. The number of carbonyl (C=O) groups excluding carboxylic acids is 1. The number of hydrogen-bond acceptors (Lipinski definition) is 5. The average molecular weight is 369 g/mol. The van der Waals surface area contributed by atoms with Gasteiger partial charge in [0.25, 0.3) is 0 Å². The van der Waals surface area contributed by atoms with E-state index in [4.69, 9.17) is 4.74 Å². The van der Waals surface area contributed by atoms with Crippen LogP contribution in [-0.4, -0.2) is 28.0 Å². The first-order chi connectivity index (χ1) is 12.8. The van der Waals surface area contributed by atoms with Gasteiger partial charge in [-0.1, -0.05) is 55.6 Å².